The Morgan fingerprint density at radius 1 is 1.45 bits per heavy atom. The first-order chi connectivity index (χ1) is 10.3. The summed E-state index contributed by atoms with van der Waals surface area (Å²) in [7, 11) is 0. The molecule has 0 amide bonds. The lowest BCUT2D eigenvalue weighted by Crippen LogP contribution is -2.49. The number of fused-ring (bicyclic) bond motifs is 2. The average molecular weight is 308 g/mol. The van der Waals surface area contributed by atoms with Crippen LogP contribution in [0.15, 0.2) is 12.2 Å². The summed E-state index contributed by atoms with van der Waals surface area (Å²) in [6, 6.07) is 0. The summed E-state index contributed by atoms with van der Waals surface area (Å²) in [6.45, 7) is 9.33. The minimum Gasteiger partial charge on any atom is -0.462 e. The van der Waals surface area contributed by atoms with Crippen molar-refractivity contribution in [2.75, 3.05) is 0 Å². The van der Waals surface area contributed by atoms with E-state index in [0.29, 0.717) is 5.57 Å². The van der Waals surface area contributed by atoms with Gasteiger partial charge < -0.3 is 14.6 Å². The first kappa shape index (κ1) is 15.5. The Labute approximate surface area is 130 Å². The Balaban J connectivity index is 2.00. The van der Waals surface area contributed by atoms with E-state index < -0.39 is 23.4 Å². The monoisotopic (exact) mass is 308 g/mol. The molecule has 0 unspecified atom stereocenters. The summed E-state index contributed by atoms with van der Waals surface area (Å²) in [5, 5.41) is 11.1. The van der Waals surface area contributed by atoms with Crippen molar-refractivity contribution < 1.29 is 24.2 Å². The minimum absolute atomic E-state index is 0.240. The molecule has 3 rings (SSSR count). The van der Waals surface area contributed by atoms with Crippen LogP contribution in [0, 0.1) is 23.2 Å². The fourth-order valence-electron chi connectivity index (χ4n) is 5.04. The molecule has 0 aromatic rings. The van der Waals surface area contributed by atoms with Gasteiger partial charge in [0.1, 0.15) is 12.2 Å². The Kier molecular flexibility index (Phi) is 3.59. The van der Waals surface area contributed by atoms with Crippen LogP contribution in [0.2, 0.25) is 0 Å². The second kappa shape index (κ2) is 5.08. The Bertz CT molecular complexity index is 527. The number of esters is 2. The van der Waals surface area contributed by atoms with Crippen LogP contribution < -0.4 is 0 Å². The number of aliphatic hydroxyl groups excluding tert-OH is 1. The maximum atomic E-state index is 11.8. The fraction of sp³-hybridized carbons (Fsp3) is 0.765. The van der Waals surface area contributed by atoms with Crippen molar-refractivity contribution >= 4 is 11.9 Å². The van der Waals surface area contributed by atoms with Gasteiger partial charge in [-0.1, -0.05) is 20.4 Å². The molecular formula is C17H24O5. The van der Waals surface area contributed by atoms with E-state index in [1.54, 1.807) is 0 Å². The van der Waals surface area contributed by atoms with Gasteiger partial charge in [0.2, 0.25) is 0 Å². The molecule has 3 aliphatic rings. The summed E-state index contributed by atoms with van der Waals surface area (Å²) in [5.74, 6) is -0.616. The van der Waals surface area contributed by atoms with Crippen LogP contribution in [-0.2, 0) is 19.1 Å². The van der Waals surface area contributed by atoms with Crippen molar-refractivity contribution in [3.8, 4) is 0 Å². The zero-order chi connectivity index (χ0) is 16.2. The zero-order valence-electron chi connectivity index (χ0n) is 13.4. The number of hydrogen-bond donors (Lipinski definition) is 1. The topological polar surface area (TPSA) is 72.8 Å². The number of carbonyl (C=O) groups excluding carboxylic acids is 2. The highest BCUT2D eigenvalue weighted by molar-refractivity contribution is 5.91. The number of rotatable bonds is 1. The third-order valence-corrected chi connectivity index (χ3v) is 6.13. The SMILES string of the molecule is C=C1C(=O)O[C@H]2C[C@@H](C)[C@@H]3CC[C@H](OC(C)=O)[C@@]3(C)[C@@H](O)[C@H]12. The predicted molar refractivity (Wildman–Crippen MR) is 78.7 cm³/mol. The lowest BCUT2D eigenvalue weighted by Gasteiger charge is -2.42. The molecule has 1 N–H and O–H groups in total. The van der Waals surface area contributed by atoms with Crippen molar-refractivity contribution in [2.24, 2.45) is 23.2 Å². The van der Waals surface area contributed by atoms with Gasteiger partial charge in [0.15, 0.2) is 0 Å². The van der Waals surface area contributed by atoms with E-state index in [9.17, 15) is 14.7 Å². The first-order valence-corrected chi connectivity index (χ1v) is 8.01. The molecule has 7 atom stereocenters. The molecule has 3 fully saturated rings. The average Bonchev–Trinajstić information content (AvgIpc) is 2.86. The molecule has 0 aromatic heterocycles. The maximum Gasteiger partial charge on any atom is 0.334 e. The molecule has 0 bridgehead atoms. The zero-order valence-corrected chi connectivity index (χ0v) is 13.4. The van der Waals surface area contributed by atoms with E-state index in [2.05, 4.69) is 13.5 Å². The lowest BCUT2D eigenvalue weighted by molar-refractivity contribution is -0.161. The molecule has 0 aromatic carbocycles. The summed E-state index contributed by atoms with van der Waals surface area (Å²) in [6.07, 6.45) is 0.950. The van der Waals surface area contributed by atoms with Gasteiger partial charge in [-0.2, -0.15) is 0 Å². The first-order valence-electron chi connectivity index (χ1n) is 8.01. The van der Waals surface area contributed by atoms with Crippen LogP contribution >= 0.6 is 0 Å². The van der Waals surface area contributed by atoms with E-state index in [4.69, 9.17) is 9.47 Å². The van der Waals surface area contributed by atoms with Crippen LogP contribution in [0.5, 0.6) is 0 Å². The van der Waals surface area contributed by atoms with E-state index in [1.165, 1.54) is 6.92 Å². The molecule has 0 spiro atoms. The summed E-state index contributed by atoms with van der Waals surface area (Å²) >= 11 is 0. The van der Waals surface area contributed by atoms with Gasteiger partial charge in [-0.3, -0.25) is 4.79 Å². The summed E-state index contributed by atoms with van der Waals surface area (Å²) in [4.78, 5) is 23.3. The van der Waals surface area contributed by atoms with Crippen LogP contribution in [0.4, 0.5) is 0 Å². The Morgan fingerprint density at radius 2 is 2.14 bits per heavy atom. The minimum atomic E-state index is -0.793. The molecule has 1 saturated heterocycles. The third kappa shape index (κ3) is 2.02. The second-order valence-electron chi connectivity index (χ2n) is 7.30. The van der Waals surface area contributed by atoms with Gasteiger partial charge in [0.25, 0.3) is 0 Å². The van der Waals surface area contributed by atoms with Crippen LogP contribution in [-0.4, -0.2) is 35.4 Å². The maximum absolute atomic E-state index is 11.8. The van der Waals surface area contributed by atoms with Crippen molar-refractivity contribution in [3.63, 3.8) is 0 Å². The van der Waals surface area contributed by atoms with E-state index >= 15 is 0 Å². The molecule has 1 heterocycles. The molecule has 2 aliphatic carbocycles. The van der Waals surface area contributed by atoms with E-state index in [-0.39, 0.29) is 30.0 Å². The second-order valence-corrected chi connectivity index (χ2v) is 7.30. The van der Waals surface area contributed by atoms with E-state index in [1.807, 2.05) is 6.92 Å². The van der Waals surface area contributed by atoms with Gasteiger partial charge in [0, 0.05) is 17.9 Å². The summed E-state index contributed by atoms with van der Waals surface area (Å²) < 4.78 is 10.9. The van der Waals surface area contributed by atoms with Crippen molar-refractivity contribution in [1.82, 2.24) is 0 Å². The number of carbonyl (C=O) groups is 2. The summed E-state index contributed by atoms with van der Waals surface area (Å²) in [5.41, 5.74) is -0.221. The van der Waals surface area contributed by atoms with Gasteiger partial charge in [0.05, 0.1) is 12.0 Å². The Morgan fingerprint density at radius 3 is 2.77 bits per heavy atom. The molecule has 2 saturated carbocycles. The highest BCUT2D eigenvalue weighted by Gasteiger charge is 2.62. The van der Waals surface area contributed by atoms with Gasteiger partial charge in [-0.15, -0.1) is 0 Å². The molecule has 122 valence electrons. The lowest BCUT2D eigenvalue weighted by atomic mass is 9.67. The molecule has 22 heavy (non-hydrogen) atoms. The highest BCUT2D eigenvalue weighted by atomic mass is 16.6. The smallest absolute Gasteiger partial charge is 0.334 e. The number of ether oxygens (including phenoxy) is 2. The van der Waals surface area contributed by atoms with Gasteiger partial charge in [-0.25, -0.2) is 4.79 Å². The quantitative estimate of drug-likeness (QED) is 0.591. The molecule has 1 aliphatic heterocycles. The van der Waals surface area contributed by atoms with Crippen molar-refractivity contribution in [2.45, 2.75) is 58.3 Å². The largest absolute Gasteiger partial charge is 0.462 e. The third-order valence-electron chi connectivity index (χ3n) is 6.13. The normalized spacial score (nSPS) is 47.5. The van der Waals surface area contributed by atoms with Gasteiger partial charge >= 0.3 is 11.9 Å². The van der Waals surface area contributed by atoms with Crippen molar-refractivity contribution in [3.05, 3.63) is 12.2 Å². The predicted octanol–water partition coefficient (Wildman–Crippen LogP) is 1.83. The Hall–Kier alpha value is -1.36. The fourth-order valence-corrected chi connectivity index (χ4v) is 5.04. The number of aliphatic hydroxyl groups is 1. The number of hydrogen-bond acceptors (Lipinski definition) is 5. The molecule has 0 radical (unpaired) electrons. The highest BCUT2D eigenvalue weighted by Crippen LogP contribution is 2.57. The molecule has 5 heteroatoms. The van der Waals surface area contributed by atoms with Crippen LogP contribution in [0.1, 0.15) is 40.0 Å². The standard InChI is InChI=1S/C17H24O5/c1-8-7-12-14(9(2)16(20)22-12)15(19)17(4)11(8)5-6-13(17)21-10(3)18/h8,11-15,19H,2,5-7H2,1,3-4H3/t8-,11+,12+,13+,14-,15+,17+/m1/s1. The molecule has 5 nitrogen and oxygen atoms in total. The van der Waals surface area contributed by atoms with Crippen LogP contribution in [0.25, 0.3) is 0 Å². The van der Waals surface area contributed by atoms with E-state index in [0.717, 1.165) is 19.3 Å². The van der Waals surface area contributed by atoms with Crippen molar-refractivity contribution in [1.29, 1.82) is 0 Å². The van der Waals surface area contributed by atoms with Gasteiger partial charge in [-0.05, 0) is 31.1 Å². The molecular weight excluding hydrogens is 284 g/mol. The van der Waals surface area contributed by atoms with Crippen LogP contribution in [0.3, 0.4) is 0 Å².